The van der Waals surface area contributed by atoms with Gasteiger partial charge in [0.1, 0.15) is 5.25 Å². The van der Waals surface area contributed by atoms with Gasteiger partial charge in [-0.15, -0.1) is 0 Å². The van der Waals surface area contributed by atoms with E-state index in [1.54, 1.807) is 6.92 Å². The number of carbonyl (C=O) groups excluding carboxylic acids is 1. The van der Waals surface area contributed by atoms with Gasteiger partial charge in [-0.25, -0.2) is 0 Å². The molecule has 1 aliphatic carbocycles. The van der Waals surface area contributed by atoms with Crippen LogP contribution in [0.1, 0.15) is 44.6 Å². The summed E-state index contributed by atoms with van der Waals surface area (Å²) >= 11 is 0. The molecule has 1 amide bonds. The molecule has 0 bridgehead atoms. The van der Waals surface area contributed by atoms with E-state index in [1.165, 1.54) is 19.3 Å². The second kappa shape index (κ2) is 8.89. The van der Waals surface area contributed by atoms with Crippen molar-refractivity contribution in [1.29, 1.82) is 0 Å². The summed E-state index contributed by atoms with van der Waals surface area (Å²) in [4.78, 5) is 12.2. The molecule has 0 saturated heterocycles. The van der Waals surface area contributed by atoms with Gasteiger partial charge in [-0.2, -0.15) is 0 Å². The highest BCUT2D eigenvalue weighted by atomic mass is 32.2. The quantitative estimate of drug-likeness (QED) is 0.874. The molecule has 22 heavy (non-hydrogen) atoms. The van der Waals surface area contributed by atoms with Crippen LogP contribution in [0.4, 0.5) is 0 Å². The first-order valence-electron chi connectivity index (χ1n) is 8.06. The zero-order valence-electron chi connectivity index (χ0n) is 13.2. The Morgan fingerprint density at radius 1 is 1.27 bits per heavy atom. The van der Waals surface area contributed by atoms with E-state index in [0.717, 1.165) is 18.4 Å². The van der Waals surface area contributed by atoms with Crippen LogP contribution < -0.4 is 5.32 Å². The highest BCUT2D eigenvalue weighted by molar-refractivity contribution is 7.86. The lowest BCUT2D eigenvalue weighted by Crippen LogP contribution is -2.43. The Morgan fingerprint density at radius 3 is 2.64 bits per heavy atom. The summed E-state index contributed by atoms with van der Waals surface area (Å²) in [7, 11) is -1.17. The summed E-state index contributed by atoms with van der Waals surface area (Å²) in [6.45, 7) is 1.75. The molecular formula is C18H25NO2S. The van der Waals surface area contributed by atoms with E-state index >= 15 is 0 Å². The number of rotatable bonds is 6. The van der Waals surface area contributed by atoms with Crippen molar-refractivity contribution in [2.24, 2.45) is 0 Å². The minimum absolute atomic E-state index is 0.0710. The summed E-state index contributed by atoms with van der Waals surface area (Å²) in [5.74, 6) is 0.340. The summed E-state index contributed by atoms with van der Waals surface area (Å²) in [6.07, 6.45) is 9.57. The summed E-state index contributed by atoms with van der Waals surface area (Å²) in [5.41, 5.74) is 1.08. The van der Waals surface area contributed by atoms with Gasteiger partial charge >= 0.3 is 0 Å². The molecule has 0 unspecified atom stereocenters. The van der Waals surface area contributed by atoms with E-state index in [-0.39, 0.29) is 11.9 Å². The van der Waals surface area contributed by atoms with Crippen LogP contribution in [0.25, 0.3) is 6.08 Å². The van der Waals surface area contributed by atoms with E-state index in [1.807, 2.05) is 42.5 Å². The number of nitrogens with one attached hydrogen (secondary N) is 1. The van der Waals surface area contributed by atoms with Crippen LogP contribution in [0, 0.1) is 0 Å². The molecule has 0 spiro atoms. The van der Waals surface area contributed by atoms with Gasteiger partial charge in [-0.1, -0.05) is 61.7 Å². The van der Waals surface area contributed by atoms with E-state index in [2.05, 4.69) is 5.32 Å². The van der Waals surface area contributed by atoms with Crippen molar-refractivity contribution < 1.29 is 9.00 Å². The molecule has 2 atom stereocenters. The van der Waals surface area contributed by atoms with Crippen molar-refractivity contribution in [2.75, 3.05) is 5.75 Å². The molecule has 1 aromatic rings. The lowest BCUT2D eigenvalue weighted by atomic mass is 9.95. The zero-order chi connectivity index (χ0) is 15.8. The first-order valence-corrected chi connectivity index (χ1v) is 9.44. The highest BCUT2D eigenvalue weighted by Gasteiger charge is 2.22. The monoisotopic (exact) mass is 319 g/mol. The zero-order valence-corrected chi connectivity index (χ0v) is 14.0. The lowest BCUT2D eigenvalue weighted by Gasteiger charge is -2.24. The van der Waals surface area contributed by atoms with Gasteiger partial charge in [0.25, 0.3) is 0 Å². The lowest BCUT2D eigenvalue weighted by molar-refractivity contribution is -0.121. The van der Waals surface area contributed by atoms with Gasteiger partial charge < -0.3 is 5.32 Å². The fourth-order valence-corrected chi connectivity index (χ4v) is 3.55. The molecule has 1 N–H and O–H groups in total. The Labute approximate surface area is 135 Å². The topological polar surface area (TPSA) is 46.2 Å². The molecule has 1 fully saturated rings. The molecule has 0 heterocycles. The van der Waals surface area contributed by atoms with E-state index < -0.39 is 16.0 Å². The third-order valence-corrected chi connectivity index (χ3v) is 5.61. The molecule has 2 rings (SSSR count). The maximum atomic E-state index is 12.2. The molecule has 3 nitrogen and oxygen atoms in total. The number of hydrogen-bond donors (Lipinski definition) is 1. The number of hydrogen-bond acceptors (Lipinski definition) is 2. The molecule has 4 heteroatoms. The van der Waals surface area contributed by atoms with Gasteiger partial charge in [0.05, 0.1) is 0 Å². The Bertz CT molecular complexity index is 521. The van der Waals surface area contributed by atoms with Crippen LogP contribution in [0.3, 0.4) is 0 Å². The maximum Gasteiger partial charge on any atom is 0.235 e. The van der Waals surface area contributed by atoms with E-state index in [4.69, 9.17) is 0 Å². The highest BCUT2D eigenvalue weighted by Crippen LogP contribution is 2.17. The largest absolute Gasteiger partial charge is 0.352 e. The Balaban J connectivity index is 1.78. The van der Waals surface area contributed by atoms with Crippen molar-refractivity contribution >= 4 is 22.8 Å². The van der Waals surface area contributed by atoms with Crippen molar-refractivity contribution in [2.45, 2.75) is 50.3 Å². The average molecular weight is 319 g/mol. The van der Waals surface area contributed by atoms with Crippen LogP contribution in [-0.2, 0) is 15.6 Å². The average Bonchev–Trinajstić information content (AvgIpc) is 2.56. The fourth-order valence-electron chi connectivity index (χ4n) is 2.67. The first kappa shape index (κ1) is 16.9. The SMILES string of the molecule is C[C@H](C(=O)NC1CCCCC1)[S@](=O)C/C=C/c1ccccc1. The van der Waals surface area contributed by atoms with E-state index in [0.29, 0.717) is 5.75 Å². The Kier molecular flexibility index (Phi) is 6.84. The second-order valence-electron chi connectivity index (χ2n) is 5.85. The third kappa shape index (κ3) is 5.41. The van der Waals surface area contributed by atoms with Gasteiger partial charge in [-0.3, -0.25) is 9.00 Å². The fraction of sp³-hybridized carbons (Fsp3) is 0.500. The summed E-state index contributed by atoms with van der Waals surface area (Å²) in [5, 5.41) is 2.60. The molecule has 0 radical (unpaired) electrons. The van der Waals surface area contributed by atoms with E-state index in [9.17, 15) is 9.00 Å². The number of carbonyl (C=O) groups is 1. The standard InChI is InChI=1S/C18H25NO2S/c1-15(18(20)19-17-12-6-3-7-13-17)22(21)14-8-11-16-9-4-2-5-10-16/h2,4-5,8-11,15,17H,3,6-7,12-14H2,1H3,(H,19,20)/b11-8+/t15-,22-/m1/s1. The molecule has 1 aromatic carbocycles. The Morgan fingerprint density at radius 2 is 1.95 bits per heavy atom. The number of amides is 1. The Hall–Kier alpha value is -1.42. The third-order valence-electron chi connectivity index (χ3n) is 4.09. The van der Waals surface area contributed by atoms with Gasteiger partial charge in [0, 0.05) is 22.6 Å². The van der Waals surface area contributed by atoms with Crippen LogP contribution in [0.15, 0.2) is 36.4 Å². The van der Waals surface area contributed by atoms with Crippen LogP contribution in [-0.4, -0.2) is 27.2 Å². The minimum Gasteiger partial charge on any atom is -0.352 e. The summed E-state index contributed by atoms with van der Waals surface area (Å²) in [6, 6.07) is 10.2. The van der Waals surface area contributed by atoms with Crippen molar-refractivity contribution in [3.63, 3.8) is 0 Å². The smallest absolute Gasteiger partial charge is 0.235 e. The van der Waals surface area contributed by atoms with Gasteiger partial charge in [-0.05, 0) is 25.3 Å². The van der Waals surface area contributed by atoms with Gasteiger partial charge in [0.15, 0.2) is 0 Å². The van der Waals surface area contributed by atoms with Crippen molar-refractivity contribution in [1.82, 2.24) is 5.32 Å². The van der Waals surface area contributed by atoms with Gasteiger partial charge in [0.2, 0.25) is 5.91 Å². The molecule has 1 aliphatic rings. The maximum absolute atomic E-state index is 12.2. The predicted octanol–water partition coefficient (Wildman–Crippen LogP) is 3.29. The summed E-state index contributed by atoms with van der Waals surface area (Å²) < 4.78 is 12.2. The van der Waals surface area contributed by atoms with Crippen molar-refractivity contribution in [3.8, 4) is 0 Å². The molecule has 0 aliphatic heterocycles. The molecule has 0 aromatic heterocycles. The molecule has 120 valence electrons. The number of benzene rings is 1. The first-order chi connectivity index (χ1) is 10.7. The predicted molar refractivity (Wildman–Crippen MR) is 93.0 cm³/mol. The second-order valence-corrected chi connectivity index (χ2v) is 7.65. The van der Waals surface area contributed by atoms with Crippen LogP contribution >= 0.6 is 0 Å². The minimum atomic E-state index is -1.17. The van der Waals surface area contributed by atoms with Crippen LogP contribution in [0.5, 0.6) is 0 Å². The normalized spacial score (nSPS) is 19.0. The molecular weight excluding hydrogens is 294 g/mol. The molecule has 1 saturated carbocycles. The van der Waals surface area contributed by atoms with Crippen LogP contribution in [0.2, 0.25) is 0 Å². The van der Waals surface area contributed by atoms with Crippen molar-refractivity contribution in [3.05, 3.63) is 42.0 Å².